The van der Waals surface area contributed by atoms with Gasteiger partial charge in [-0.3, -0.25) is 0 Å². The quantitative estimate of drug-likeness (QED) is 0.609. The highest BCUT2D eigenvalue weighted by Gasteiger charge is 2.38. The summed E-state index contributed by atoms with van der Waals surface area (Å²) in [5, 5.41) is 12.8. The highest BCUT2D eigenvalue weighted by atomic mass is 16.3. The lowest BCUT2D eigenvalue weighted by molar-refractivity contribution is 0.0289. The maximum absolute atomic E-state index is 9.75. The van der Waals surface area contributed by atoms with E-state index in [4.69, 9.17) is 0 Å². The molecule has 0 amide bonds. The van der Waals surface area contributed by atoms with E-state index in [1.165, 1.54) is 12.8 Å². The number of hydrogen-bond donors (Lipinski definition) is 2. The summed E-state index contributed by atoms with van der Waals surface area (Å²) < 4.78 is 0. The minimum atomic E-state index is -0.400. The number of hydrogen-bond acceptors (Lipinski definition) is 2. The van der Waals surface area contributed by atoms with Crippen molar-refractivity contribution in [2.24, 2.45) is 5.92 Å². The Labute approximate surface area is 62.6 Å². The Morgan fingerprint density at radius 3 is 2.60 bits per heavy atom. The lowest BCUT2D eigenvalue weighted by Gasteiger charge is -2.22. The van der Waals surface area contributed by atoms with Crippen LogP contribution in [0.25, 0.3) is 0 Å². The Morgan fingerprint density at radius 1 is 1.60 bits per heavy atom. The maximum atomic E-state index is 9.75. The Bertz CT molecular complexity index is 108. The van der Waals surface area contributed by atoms with Crippen LogP contribution in [0.15, 0.2) is 0 Å². The Balaban J connectivity index is 2.20. The molecule has 1 unspecified atom stereocenters. The van der Waals surface area contributed by atoms with Gasteiger partial charge in [-0.15, -0.1) is 0 Å². The first-order chi connectivity index (χ1) is 4.67. The van der Waals surface area contributed by atoms with Gasteiger partial charge < -0.3 is 10.4 Å². The van der Waals surface area contributed by atoms with Gasteiger partial charge in [-0.2, -0.15) is 0 Å². The van der Waals surface area contributed by atoms with Gasteiger partial charge in [0.1, 0.15) is 0 Å². The first kappa shape index (κ1) is 8.02. The summed E-state index contributed by atoms with van der Waals surface area (Å²) in [5.74, 6) is 0.584. The molecule has 0 radical (unpaired) electrons. The van der Waals surface area contributed by atoms with E-state index < -0.39 is 5.60 Å². The molecule has 10 heavy (non-hydrogen) atoms. The van der Waals surface area contributed by atoms with Crippen LogP contribution in [0.2, 0.25) is 0 Å². The standard InChI is InChI=1S/C8H17NO/c1-8(10,5-6-9-2)7-3-4-7/h7,9-10H,3-6H2,1-2H3. The van der Waals surface area contributed by atoms with Gasteiger partial charge in [0.05, 0.1) is 5.60 Å². The number of nitrogens with one attached hydrogen (secondary N) is 1. The van der Waals surface area contributed by atoms with Gasteiger partial charge in [0, 0.05) is 0 Å². The van der Waals surface area contributed by atoms with Crippen molar-refractivity contribution in [3.8, 4) is 0 Å². The van der Waals surface area contributed by atoms with Gasteiger partial charge in [-0.05, 0) is 45.7 Å². The summed E-state index contributed by atoms with van der Waals surface area (Å²) >= 11 is 0. The van der Waals surface area contributed by atoms with Crippen molar-refractivity contribution in [1.29, 1.82) is 0 Å². The summed E-state index contributed by atoms with van der Waals surface area (Å²) in [4.78, 5) is 0. The van der Waals surface area contributed by atoms with Crippen LogP contribution < -0.4 is 5.32 Å². The molecule has 0 heterocycles. The van der Waals surface area contributed by atoms with Gasteiger partial charge >= 0.3 is 0 Å². The van der Waals surface area contributed by atoms with Gasteiger partial charge in [-0.25, -0.2) is 0 Å². The van der Waals surface area contributed by atoms with Crippen LogP contribution in [0.3, 0.4) is 0 Å². The zero-order valence-electron chi connectivity index (χ0n) is 6.85. The topological polar surface area (TPSA) is 32.3 Å². The van der Waals surface area contributed by atoms with Crippen molar-refractivity contribution in [1.82, 2.24) is 5.32 Å². The second-order valence-corrected chi connectivity index (χ2v) is 3.48. The van der Waals surface area contributed by atoms with Gasteiger partial charge in [-0.1, -0.05) is 0 Å². The fourth-order valence-electron chi connectivity index (χ4n) is 1.29. The van der Waals surface area contributed by atoms with E-state index in [1.54, 1.807) is 0 Å². The zero-order chi connectivity index (χ0) is 7.61. The summed E-state index contributed by atoms with van der Waals surface area (Å²) in [6, 6.07) is 0. The Kier molecular flexibility index (Phi) is 2.32. The minimum Gasteiger partial charge on any atom is -0.390 e. The monoisotopic (exact) mass is 143 g/mol. The summed E-state index contributed by atoms with van der Waals surface area (Å²) in [7, 11) is 1.92. The lowest BCUT2D eigenvalue weighted by atomic mass is 9.96. The van der Waals surface area contributed by atoms with Crippen molar-refractivity contribution in [2.45, 2.75) is 31.8 Å². The normalized spacial score (nSPS) is 24.3. The van der Waals surface area contributed by atoms with Crippen LogP contribution >= 0.6 is 0 Å². The molecule has 0 aromatic rings. The predicted molar refractivity (Wildman–Crippen MR) is 41.9 cm³/mol. The third kappa shape index (κ3) is 1.96. The molecule has 0 spiro atoms. The van der Waals surface area contributed by atoms with Crippen LogP contribution in [0.4, 0.5) is 0 Å². The summed E-state index contributed by atoms with van der Waals surface area (Å²) in [5.41, 5.74) is -0.400. The molecule has 1 fully saturated rings. The van der Waals surface area contributed by atoms with E-state index in [2.05, 4.69) is 5.32 Å². The molecule has 0 saturated heterocycles. The predicted octanol–water partition coefficient (Wildman–Crippen LogP) is 0.757. The molecule has 2 N–H and O–H groups in total. The van der Waals surface area contributed by atoms with Crippen LogP contribution in [0.1, 0.15) is 26.2 Å². The molecule has 1 rings (SSSR count). The first-order valence-electron chi connectivity index (χ1n) is 4.04. The fourth-order valence-corrected chi connectivity index (χ4v) is 1.29. The molecule has 0 aromatic carbocycles. The molecular formula is C8H17NO. The molecule has 1 aliphatic carbocycles. The van der Waals surface area contributed by atoms with E-state index in [0.717, 1.165) is 13.0 Å². The van der Waals surface area contributed by atoms with Crippen LogP contribution in [0.5, 0.6) is 0 Å². The van der Waals surface area contributed by atoms with E-state index in [9.17, 15) is 5.11 Å². The summed E-state index contributed by atoms with van der Waals surface area (Å²) in [6.45, 7) is 2.87. The Morgan fingerprint density at radius 2 is 2.20 bits per heavy atom. The molecule has 2 nitrogen and oxygen atoms in total. The average Bonchev–Trinajstić information content (AvgIpc) is 2.64. The Hall–Kier alpha value is -0.0800. The largest absolute Gasteiger partial charge is 0.390 e. The van der Waals surface area contributed by atoms with Crippen molar-refractivity contribution in [2.75, 3.05) is 13.6 Å². The zero-order valence-corrected chi connectivity index (χ0v) is 6.85. The highest BCUT2D eigenvalue weighted by molar-refractivity contribution is 4.91. The minimum absolute atomic E-state index is 0.400. The third-order valence-electron chi connectivity index (χ3n) is 2.34. The first-order valence-corrected chi connectivity index (χ1v) is 4.04. The van der Waals surface area contributed by atoms with Gasteiger partial charge in [0.15, 0.2) is 0 Å². The molecule has 60 valence electrons. The second-order valence-electron chi connectivity index (χ2n) is 3.48. The van der Waals surface area contributed by atoms with Gasteiger partial charge in [0.25, 0.3) is 0 Å². The van der Waals surface area contributed by atoms with E-state index >= 15 is 0 Å². The average molecular weight is 143 g/mol. The molecule has 0 aliphatic heterocycles. The van der Waals surface area contributed by atoms with Crippen LogP contribution in [0, 0.1) is 5.92 Å². The lowest BCUT2D eigenvalue weighted by Crippen LogP contribution is -2.30. The number of aliphatic hydroxyl groups is 1. The molecule has 0 aromatic heterocycles. The van der Waals surface area contributed by atoms with Crippen molar-refractivity contribution >= 4 is 0 Å². The van der Waals surface area contributed by atoms with Crippen LogP contribution in [-0.2, 0) is 0 Å². The molecule has 0 bridgehead atoms. The van der Waals surface area contributed by atoms with E-state index in [0.29, 0.717) is 5.92 Å². The van der Waals surface area contributed by atoms with Crippen molar-refractivity contribution in [3.63, 3.8) is 0 Å². The molecule has 2 heteroatoms. The maximum Gasteiger partial charge on any atom is 0.0659 e. The molecule has 1 aliphatic rings. The molecule has 1 atom stereocenters. The van der Waals surface area contributed by atoms with Crippen molar-refractivity contribution in [3.05, 3.63) is 0 Å². The molecule has 1 saturated carbocycles. The third-order valence-corrected chi connectivity index (χ3v) is 2.34. The van der Waals surface area contributed by atoms with Gasteiger partial charge in [0.2, 0.25) is 0 Å². The molecular weight excluding hydrogens is 126 g/mol. The van der Waals surface area contributed by atoms with Crippen molar-refractivity contribution < 1.29 is 5.11 Å². The van der Waals surface area contributed by atoms with Crippen LogP contribution in [-0.4, -0.2) is 24.3 Å². The fraction of sp³-hybridized carbons (Fsp3) is 1.00. The van der Waals surface area contributed by atoms with E-state index in [1.807, 2.05) is 14.0 Å². The van der Waals surface area contributed by atoms with E-state index in [-0.39, 0.29) is 0 Å². The summed E-state index contributed by atoms with van der Waals surface area (Å²) in [6.07, 6.45) is 3.32. The smallest absolute Gasteiger partial charge is 0.0659 e. The SMILES string of the molecule is CNCCC(C)(O)C1CC1. The second kappa shape index (κ2) is 2.89. The number of rotatable bonds is 4. The highest BCUT2D eigenvalue weighted by Crippen LogP contribution is 2.40.